The maximum absolute atomic E-state index is 5.75. The Morgan fingerprint density at radius 3 is 2.66 bits per heavy atom. The Hall–Kier alpha value is -2.41. The summed E-state index contributed by atoms with van der Waals surface area (Å²) in [6.07, 6.45) is 0. The molecule has 0 aliphatic carbocycles. The molecule has 2 aromatic carbocycles. The third kappa shape index (κ3) is 3.75. The molecule has 1 aromatic heterocycles. The number of thioether (sulfide) groups is 1. The van der Waals surface area contributed by atoms with Gasteiger partial charge in [-0.25, -0.2) is 0 Å². The number of aromatic nitrogens is 1. The molecule has 29 heavy (non-hydrogen) atoms. The number of ether oxygens (including phenoxy) is 2. The Morgan fingerprint density at radius 1 is 1.07 bits per heavy atom. The number of para-hydroxylation sites is 1. The van der Waals surface area contributed by atoms with Crippen molar-refractivity contribution in [1.82, 2.24) is 9.47 Å². The second kappa shape index (κ2) is 8.53. The Balaban J connectivity index is 1.82. The normalized spacial score (nSPS) is 15.1. The van der Waals surface area contributed by atoms with Crippen LogP contribution in [-0.2, 0) is 6.54 Å². The Bertz CT molecular complexity index is 1000. The van der Waals surface area contributed by atoms with E-state index in [1.807, 2.05) is 23.9 Å². The molecule has 1 atom stereocenters. The van der Waals surface area contributed by atoms with Gasteiger partial charge in [0.2, 0.25) is 0 Å². The van der Waals surface area contributed by atoms with Crippen LogP contribution in [0.3, 0.4) is 0 Å². The molecular formula is C23H27N3O2S. The van der Waals surface area contributed by atoms with Gasteiger partial charge in [0.05, 0.1) is 25.2 Å². The lowest BCUT2D eigenvalue weighted by atomic mass is 10.1. The van der Waals surface area contributed by atoms with E-state index in [2.05, 4.69) is 59.0 Å². The molecule has 1 unspecified atom stereocenters. The average molecular weight is 410 g/mol. The number of nitrogens with two attached hydrogens (primary N) is 1. The quantitative estimate of drug-likeness (QED) is 0.637. The minimum Gasteiger partial charge on any atom is -0.497 e. The number of benzene rings is 2. The van der Waals surface area contributed by atoms with Crippen LogP contribution in [0.2, 0.25) is 0 Å². The van der Waals surface area contributed by atoms with Gasteiger partial charge in [-0.05, 0) is 37.4 Å². The molecule has 0 amide bonds. The van der Waals surface area contributed by atoms with Crippen molar-refractivity contribution >= 4 is 11.8 Å². The number of rotatable bonds is 7. The van der Waals surface area contributed by atoms with Crippen LogP contribution in [0.25, 0.3) is 5.69 Å². The van der Waals surface area contributed by atoms with Gasteiger partial charge in [-0.3, -0.25) is 4.90 Å². The summed E-state index contributed by atoms with van der Waals surface area (Å²) in [6, 6.07) is 19.1. The highest BCUT2D eigenvalue weighted by Gasteiger charge is 2.30. The van der Waals surface area contributed by atoms with Crippen LogP contribution in [-0.4, -0.2) is 43.8 Å². The van der Waals surface area contributed by atoms with Crippen molar-refractivity contribution in [3.8, 4) is 17.2 Å². The lowest BCUT2D eigenvalue weighted by Crippen LogP contribution is -2.26. The third-order valence-electron chi connectivity index (χ3n) is 5.28. The molecule has 2 heterocycles. The van der Waals surface area contributed by atoms with Crippen molar-refractivity contribution in [2.45, 2.75) is 16.7 Å². The minimum atomic E-state index is 0.138. The first-order valence-electron chi connectivity index (χ1n) is 9.73. The topological polar surface area (TPSA) is 52.7 Å². The zero-order valence-electron chi connectivity index (χ0n) is 17.1. The first-order valence-corrected chi connectivity index (χ1v) is 10.6. The van der Waals surface area contributed by atoms with Gasteiger partial charge >= 0.3 is 0 Å². The third-order valence-corrected chi connectivity index (χ3v) is 6.61. The number of nitrogens with zero attached hydrogens (tertiary/aromatic N) is 2. The second-order valence-electron chi connectivity index (χ2n) is 7.18. The number of methoxy groups -OCH3 is 2. The fraction of sp³-hybridized carbons (Fsp3) is 0.304. The van der Waals surface area contributed by atoms with Crippen molar-refractivity contribution in [3.63, 3.8) is 0 Å². The van der Waals surface area contributed by atoms with E-state index in [9.17, 15) is 0 Å². The van der Waals surface area contributed by atoms with E-state index in [4.69, 9.17) is 15.2 Å². The van der Waals surface area contributed by atoms with E-state index in [0.717, 1.165) is 30.2 Å². The van der Waals surface area contributed by atoms with Gasteiger partial charge in [0.25, 0.3) is 0 Å². The lowest BCUT2D eigenvalue weighted by Gasteiger charge is -2.30. The molecule has 3 aromatic rings. The van der Waals surface area contributed by atoms with Gasteiger partial charge in [0, 0.05) is 47.5 Å². The predicted molar refractivity (Wildman–Crippen MR) is 118 cm³/mol. The van der Waals surface area contributed by atoms with E-state index < -0.39 is 0 Å². The molecule has 0 fully saturated rings. The highest BCUT2D eigenvalue weighted by molar-refractivity contribution is 8.00. The Labute approximate surface area is 176 Å². The molecule has 5 nitrogen and oxygen atoms in total. The van der Waals surface area contributed by atoms with E-state index in [0.29, 0.717) is 6.54 Å². The summed E-state index contributed by atoms with van der Waals surface area (Å²) in [6.45, 7) is 2.37. The SMILES string of the molecule is COc1ccc(C2Sc3ccccc3-n3c(CN(C)CCN)ccc32)c(OC)c1. The molecule has 6 heteroatoms. The van der Waals surface area contributed by atoms with E-state index in [1.165, 1.54) is 22.0 Å². The van der Waals surface area contributed by atoms with Crippen LogP contribution < -0.4 is 15.2 Å². The summed E-state index contributed by atoms with van der Waals surface area (Å²) < 4.78 is 13.5. The first-order chi connectivity index (χ1) is 14.2. The van der Waals surface area contributed by atoms with Crippen molar-refractivity contribution in [1.29, 1.82) is 0 Å². The van der Waals surface area contributed by atoms with Crippen molar-refractivity contribution in [2.24, 2.45) is 5.73 Å². The predicted octanol–water partition coefficient (Wildman–Crippen LogP) is 4.08. The fourth-order valence-electron chi connectivity index (χ4n) is 3.88. The fourth-order valence-corrected chi connectivity index (χ4v) is 5.20. The lowest BCUT2D eigenvalue weighted by molar-refractivity contribution is 0.329. The van der Waals surface area contributed by atoms with Crippen LogP contribution in [0.4, 0.5) is 0 Å². The zero-order valence-corrected chi connectivity index (χ0v) is 17.9. The maximum Gasteiger partial charge on any atom is 0.127 e. The molecule has 4 rings (SSSR count). The number of hydrogen-bond acceptors (Lipinski definition) is 5. The Kier molecular flexibility index (Phi) is 5.85. The van der Waals surface area contributed by atoms with E-state index in [1.54, 1.807) is 14.2 Å². The molecule has 1 aliphatic heterocycles. The van der Waals surface area contributed by atoms with Crippen LogP contribution in [0, 0.1) is 0 Å². The molecule has 1 aliphatic rings. The molecule has 0 saturated heterocycles. The van der Waals surface area contributed by atoms with Gasteiger partial charge < -0.3 is 19.8 Å². The van der Waals surface area contributed by atoms with Crippen molar-refractivity contribution < 1.29 is 9.47 Å². The molecule has 0 bridgehead atoms. The molecule has 0 radical (unpaired) electrons. The van der Waals surface area contributed by atoms with Crippen LogP contribution in [0.15, 0.2) is 59.5 Å². The molecule has 0 saturated carbocycles. The highest BCUT2D eigenvalue weighted by atomic mass is 32.2. The van der Waals surface area contributed by atoms with Crippen LogP contribution in [0.5, 0.6) is 11.5 Å². The summed E-state index contributed by atoms with van der Waals surface area (Å²) in [5.74, 6) is 1.64. The average Bonchev–Trinajstić information content (AvgIpc) is 3.16. The van der Waals surface area contributed by atoms with Crippen molar-refractivity contribution in [2.75, 3.05) is 34.4 Å². The number of fused-ring (bicyclic) bond motifs is 3. The number of hydrogen-bond donors (Lipinski definition) is 1. The summed E-state index contributed by atoms with van der Waals surface area (Å²) in [4.78, 5) is 3.53. The standard InChI is InChI=1S/C23H27N3O2S/c1-25(13-12-24)15-16-8-11-20-23(18-10-9-17(27-2)14-21(18)28-3)29-22-7-5-4-6-19(22)26(16)20/h4-11,14,23H,12-13,15,24H2,1-3H3. The first kappa shape index (κ1) is 19.9. The van der Waals surface area contributed by atoms with Crippen LogP contribution in [0.1, 0.15) is 22.2 Å². The van der Waals surface area contributed by atoms with Gasteiger partial charge in [-0.15, -0.1) is 11.8 Å². The summed E-state index contributed by atoms with van der Waals surface area (Å²) in [5.41, 5.74) is 10.7. The minimum absolute atomic E-state index is 0.138. The Morgan fingerprint density at radius 2 is 1.90 bits per heavy atom. The second-order valence-corrected chi connectivity index (χ2v) is 8.33. The zero-order chi connectivity index (χ0) is 20.4. The van der Waals surface area contributed by atoms with E-state index >= 15 is 0 Å². The maximum atomic E-state index is 5.75. The largest absolute Gasteiger partial charge is 0.497 e. The molecule has 0 spiro atoms. The monoisotopic (exact) mass is 409 g/mol. The van der Waals surface area contributed by atoms with Gasteiger partial charge in [-0.2, -0.15) is 0 Å². The van der Waals surface area contributed by atoms with E-state index in [-0.39, 0.29) is 5.25 Å². The van der Waals surface area contributed by atoms with Gasteiger partial charge in [0.15, 0.2) is 0 Å². The summed E-state index contributed by atoms with van der Waals surface area (Å²) >= 11 is 1.86. The van der Waals surface area contributed by atoms with Crippen molar-refractivity contribution in [3.05, 3.63) is 71.5 Å². The summed E-state index contributed by atoms with van der Waals surface area (Å²) in [5, 5.41) is 0.138. The smallest absolute Gasteiger partial charge is 0.127 e. The summed E-state index contributed by atoms with van der Waals surface area (Å²) in [7, 11) is 5.50. The van der Waals surface area contributed by atoms with Gasteiger partial charge in [0.1, 0.15) is 11.5 Å². The highest BCUT2D eigenvalue weighted by Crippen LogP contribution is 2.50. The molecule has 2 N–H and O–H groups in total. The van der Waals surface area contributed by atoms with Crippen LogP contribution >= 0.6 is 11.8 Å². The number of likely N-dealkylation sites (N-methyl/N-ethyl adjacent to an activating group) is 1. The molecular weight excluding hydrogens is 382 g/mol. The molecule has 152 valence electrons. The van der Waals surface area contributed by atoms with Gasteiger partial charge in [-0.1, -0.05) is 18.2 Å².